The number of anilines is 1. The number of carbonyl (C=O) groups is 2. The van der Waals surface area contributed by atoms with E-state index in [1.165, 1.54) is 11.8 Å². The van der Waals surface area contributed by atoms with Gasteiger partial charge in [-0.15, -0.1) is 10.2 Å². The number of aryl methyl sites for hydroxylation is 1. The lowest BCUT2D eigenvalue weighted by Gasteiger charge is -2.13. The van der Waals surface area contributed by atoms with Gasteiger partial charge in [-0.25, -0.2) is 0 Å². The summed E-state index contributed by atoms with van der Waals surface area (Å²) in [5, 5.41) is 11.8. The summed E-state index contributed by atoms with van der Waals surface area (Å²) >= 11 is 1.35. The van der Waals surface area contributed by atoms with Crippen LogP contribution in [0, 0.1) is 6.92 Å². The maximum atomic E-state index is 12.6. The molecule has 0 spiro atoms. The average molecular weight is 410 g/mol. The summed E-state index contributed by atoms with van der Waals surface area (Å²) in [5.74, 6) is 0.119. The normalized spacial score (nSPS) is 11.8. The van der Waals surface area contributed by atoms with E-state index in [0.717, 1.165) is 17.0 Å². The molecule has 2 aromatic carbocycles. The Hall–Kier alpha value is -3.13. The molecule has 0 fully saturated rings. The van der Waals surface area contributed by atoms with Crippen LogP contribution in [0.4, 0.5) is 5.69 Å². The summed E-state index contributed by atoms with van der Waals surface area (Å²) in [6, 6.07) is 14.6. The van der Waals surface area contributed by atoms with Crippen molar-refractivity contribution in [3.8, 4) is 11.4 Å². The third kappa shape index (κ3) is 4.83. The number of aromatic nitrogens is 3. The first kappa shape index (κ1) is 20.6. The topological polar surface area (TPSA) is 103 Å². The van der Waals surface area contributed by atoms with Crippen molar-refractivity contribution < 1.29 is 9.59 Å². The van der Waals surface area contributed by atoms with Gasteiger partial charge >= 0.3 is 0 Å². The average Bonchev–Trinajstić information content (AvgIpc) is 3.10. The molecular formula is C21H23N5O2S. The summed E-state index contributed by atoms with van der Waals surface area (Å²) in [6.45, 7) is 6.58. The van der Waals surface area contributed by atoms with Crippen LogP contribution in [0.2, 0.25) is 0 Å². The Morgan fingerprint density at radius 2 is 1.90 bits per heavy atom. The van der Waals surface area contributed by atoms with Crippen LogP contribution in [-0.2, 0) is 11.3 Å². The Balaban J connectivity index is 1.72. The predicted molar refractivity (Wildman–Crippen MR) is 115 cm³/mol. The summed E-state index contributed by atoms with van der Waals surface area (Å²) in [4.78, 5) is 23.7. The molecule has 3 aromatic rings. The van der Waals surface area contributed by atoms with Gasteiger partial charge in [0.05, 0.1) is 5.25 Å². The van der Waals surface area contributed by atoms with E-state index in [1.807, 2.05) is 43.5 Å². The van der Waals surface area contributed by atoms with Crippen LogP contribution >= 0.6 is 11.8 Å². The van der Waals surface area contributed by atoms with Gasteiger partial charge in [0.2, 0.25) is 11.8 Å². The highest BCUT2D eigenvalue weighted by Gasteiger charge is 2.20. The molecule has 1 aromatic heterocycles. The quantitative estimate of drug-likeness (QED) is 0.582. The summed E-state index contributed by atoms with van der Waals surface area (Å²) in [6.07, 6.45) is 0. The minimum absolute atomic E-state index is 0.162. The number of hydrogen-bond donors (Lipinski definition) is 2. The van der Waals surface area contributed by atoms with Crippen LogP contribution in [0.5, 0.6) is 0 Å². The number of benzene rings is 2. The second kappa shape index (κ2) is 8.91. The molecule has 0 saturated carbocycles. The zero-order valence-corrected chi connectivity index (χ0v) is 17.4. The Morgan fingerprint density at radius 1 is 1.17 bits per heavy atom. The number of nitrogens with one attached hydrogen (secondary N) is 1. The second-order valence-electron chi connectivity index (χ2n) is 6.61. The van der Waals surface area contributed by atoms with Crippen LogP contribution < -0.4 is 11.1 Å². The van der Waals surface area contributed by atoms with E-state index >= 15 is 0 Å². The van der Waals surface area contributed by atoms with E-state index in [9.17, 15) is 9.59 Å². The highest BCUT2D eigenvalue weighted by Crippen LogP contribution is 2.27. The van der Waals surface area contributed by atoms with Gasteiger partial charge in [-0.05, 0) is 51.1 Å². The third-order valence-corrected chi connectivity index (χ3v) is 5.48. The molecule has 0 aliphatic rings. The van der Waals surface area contributed by atoms with Gasteiger partial charge in [0.25, 0.3) is 0 Å². The Bertz CT molecular complexity index is 1030. The highest BCUT2D eigenvalue weighted by molar-refractivity contribution is 8.00. The van der Waals surface area contributed by atoms with Crippen molar-refractivity contribution in [3.05, 3.63) is 59.7 Å². The number of primary amides is 1. The van der Waals surface area contributed by atoms with Crippen LogP contribution in [0.15, 0.2) is 53.7 Å². The first-order valence-electron chi connectivity index (χ1n) is 9.26. The number of nitrogens with zero attached hydrogens (tertiary/aromatic N) is 3. The van der Waals surface area contributed by atoms with E-state index in [0.29, 0.717) is 23.0 Å². The predicted octanol–water partition coefficient (Wildman–Crippen LogP) is 3.49. The van der Waals surface area contributed by atoms with Crippen LogP contribution in [0.1, 0.15) is 29.8 Å². The molecule has 2 amide bonds. The fraction of sp³-hybridized carbons (Fsp3) is 0.238. The van der Waals surface area contributed by atoms with E-state index in [4.69, 9.17) is 5.73 Å². The molecule has 1 heterocycles. The molecule has 7 nitrogen and oxygen atoms in total. The van der Waals surface area contributed by atoms with Crippen molar-refractivity contribution in [2.45, 2.75) is 37.7 Å². The van der Waals surface area contributed by atoms with Gasteiger partial charge in [0, 0.05) is 23.4 Å². The second-order valence-corrected chi connectivity index (χ2v) is 7.92. The standard InChI is InChI=1S/C21H23N5O2S/c1-4-26-19(16-7-5-6-13(2)12-16)24-25-21(26)29-14(3)20(28)23-17-10-8-15(9-11-17)18(22)27/h5-12,14H,4H2,1-3H3,(H2,22,27)(H,23,28). The molecule has 29 heavy (non-hydrogen) atoms. The number of carbonyl (C=O) groups excluding carboxylic acids is 2. The molecule has 1 unspecified atom stereocenters. The number of amides is 2. The van der Waals surface area contributed by atoms with Crippen molar-refractivity contribution in [2.75, 3.05) is 5.32 Å². The number of hydrogen-bond acceptors (Lipinski definition) is 5. The van der Waals surface area contributed by atoms with E-state index < -0.39 is 5.91 Å². The Kier molecular flexibility index (Phi) is 6.33. The SMILES string of the molecule is CCn1c(SC(C)C(=O)Nc2ccc(C(N)=O)cc2)nnc1-c1cccc(C)c1. The molecule has 0 saturated heterocycles. The molecule has 0 aliphatic carbocycles. The molecule has 0 radical (unpaired) electrons. The molecule has 0 aliphatic heterocycles. The Morgan fingerprint density at radius 3 is 2.52 bits per heavy atom. The largest absolute Gasteiger partial charge is 0.366 e. The third-order valence-electron chi connectivity index (χ3n) is 4.40. The maximum absolute atomic E-state index is 12.6. The zero-order valence-electron chi connectivity index (χ0n) is 16.5. The van der Waals surface area contributed by atoms with Crippen molar-refractivity contribution in [1.29, 1.82) is 0 Å². The molecular weight excluding hydrogens is 386 g/mol. The van der Waals surface area contributed by atoms with E-state index in [2.05, 4.69) is 21.6 Å². The first-order chi connectivity index (χ1) is 13.9. The van der Waals surface area contributed by atoms with Gasteiger partial charge < -0.3 is 15.6 Å². The molecule has 3 rings (SSSR count). The monoisotopic (exact) mass is 409 g/mol. The van der Waals surface area contributed by atoms with Crippen LogP contribution in [0.25, 0.3) is 11.4 Å². The van der Waals surface area contributed by atoms with E-state index in [1.54, 1.807) is 24.3 Å². The molecule has 8 heteroatoms. The fourth-order valence-corrected chi connectivity index (χ4v) is 3.74. The first-order valence-corrected chi connectivity index (χ1v) is 10.1. The van der Waals surface area contributed by atoms with Crippen molar-refractivity contribution >= 4 is 29.3 Å². The van der Waals surface area contributed by atoms with Gasteiger partial charge in [-0.1, -0.05) is 35.5 Å². The molecule has 0 bridgehead atoms. The molecule has 3 N–H and O–H groups in total. The summed E-state index contributed by atoms with van der Waals surface area (Å²) in [7, 11) is 0. The number of thioether (sulfide) groups is 1. The van der Waals surface area contributed by atoms with Crippen LogP contribution in [0.3, 0.4) is 0 Å². The summed E-state index contributed by atoms with van der Waals surface area (Å²) in [5.41, 5.74) is 8.38. The highest BCUT2D eigenvalue weighted by atomic mass is 32.2. The Labute approximate surface area is 173 Å². The minimum atomic E-state index is -0.505. The van der Waals surface area contributed by atoms with E-state index in [-0.39, 0.29) is 11.2 Å². The van der Waals surface area contributed by atoms with Crippen molar-refractivity contribution in [3.63, 3.8) is 0 Å². The number of nitrogens with two attached hydrogens (primary N) is 1. The lowest BCUT2D eigenvalue weighted by molar-refractivity contribution is -0.115. The maximum Gasteiger partial charge on any atom is 0.248 e. The fourth-order valence-electron chi connectivity index (χ4n) is 2.83. The van der Waals surface area contributed by atoms with Gasteiger partial charge in [-0.2, -0.15) is 0 Å². The van der Waals surface area contributed by atoms with Crippen LogP contribution in [-0.4, -0.2) is 31.8 Å². The number of rotatable bonds is 7. The molecule has 150 valence electrons. The van der Waals surface area contributed by atoms with Gasteiger partial charge in [0.1, 0.15) is 0 Å². The lowest BCUT2D eigenvalue weighted by atomic mass is 10.1. The zero-order chi connectivity index (χ0) is 21.0. The van der Waals surface area contributed by atoms with Crippen molar-refractivity contribution in [1.82, 2.24) is 14.8 Å². The van der Waals surface area contributed by atoms with Gasteiger partial charge in [0.15, 0.2) is 11.0 Å². The van der Waals surface area contributed by atoms with Crippen molar-refractivity contribution in [2.24, 2.45) is 5.73 Å². The molecule has 1 atom stereocenters. The minimum Gasteiger partial charge on any atom is -0.366 e. The smallest absolute Gasteiger partial charge is 0.248 e. The summed E-state index contributed by atoms with van der Waals surface area (Å²) < 4.78 is 2.00. The van der Waals surface area contributed by atoms with Gasteiger partial charge in [-0.3, -0.25) is 9.59 Å². The lowest BCUT2D eigenvalue weighted by Crippen LogP contribution is -2.23.